The van der Waals surface area contributed by atoms with E-state index in [1.165, 1.54) is 36.6 Å². The van der Waals surface area contributed by atoms with E-state index in [0.29, 0.717) is 11.3 Å². The van der Waals surface area contributed by atoms with Crippen LogP contribution in [0.25, 0.3) is 0 Å². The summed E-state index contributed by atoms with van der Waals surface area (Å²) in [5, 5.41) is 5.04. The molecule has 3 aromatic rings. The first-order chi connectivity index (χ1) is 15.7. The van der Waals surface area contributed by atoms with Crippen LogP contribution >= 0.6 is 0 Å². The number of benzene rings is 2. The lowest BCUT2D eigenvalue weighted by Gasteiger charge is -2.10. The van der Waals surface area contributed by atoms with E-state index in [1.807, 2.05) is 0 Å². The van der Waals surface area contributed by atoms with E-state index < -0.39 is 30.7 Å². The Morgan fingerprint density at radius 1 is 1.00 bits per heavy atom. The Kier molecular flexibility index (Phi) is 5.69. The van der Waals surface area contributed by atoms with E-state index in [1.54, 1.807) is 19.1 Å². The highest BCUT2D eigenvalue weighted by Gasteiger charge is 2.43. The van der Waals surface area contributed by atoms with Gasteiger partial charge >= 0.3 is 12.3 Å². The summed E-state index contributed by atoms with van der Waals surface area (Å²) in [4.78, 5) is 36.6. The molecule has 0 unspecified atom stereocenters. The molecule has 0 saturated heterocycles. The Bertz CT molecular complexity index is 1230. The van der Waals surface area contributed by atoms with Crippen LogP contribution in [-0.2, 0) is 9.53 Å². The van der Waals surface area contributed by atoms with Gasteiger partial charge in [-0.2, -0.15) is 0 Å². The Morgan fingerprint density at radius 2 is 1.79 bits per heavy atom. The van der Waals surface area contributed by atoms with E-state index in [-0.39, 0.29) is 28.5 Å². The molecule has 33 heavy (non-hydrogen) atoms. The Balaban J connectivity index is 1.34. The number of hydrogen-bond acceptors (Lipinski definition) is 7. The van der Waals surface area contributed by atoms with Crippen molar-refractivity contribution in [1.82, 2.24) is 0 Å². The molecule has 2 amide bonds. The molecule has 9 nitrogen and oxygen atoms in total. The Hall–Kier alpha value is -4.41. The lowest BCUT2D eigenvalue weighted by molar-refractivity contribution is -0.286. The third kappa shape index (κ3) is 5.09. The van der Waals surface area contributed by atoms with Crippen molar-refractivity contribution in [2.45, 2.75) is 13.2 Å². The minimum absolute atomic E-state index is 0.103. The third-order valence-corrected chi connectivity index (χ3v) is 4.49. The van der Waals surface area contributed by atoms with E-state index in [2.05, 4.69) is 20.1 Å². The highest BCUT2D eigenvalue weighted by atomic mass is 19.3. The number of anilines is 2. The number of carbonyl (C=O) groups is 3. The largest absolute Gasteiger partial charge is 0.586 e. The first-order valence-electron chi connectivity index (χ1n) is 9.52. The summed E-state index contributed by atoms with van der Waals surface area (Å²) in [6.45, 7) is 1.10. The molecule has 2 heterocycles. The zero-order valence-corrected chi connectivity index (χ0v) is 17.0. The standard InChI is InChI=1S/C22H16F2N2O7/c1-12-4-5-13(9-15(12)26-20(28)17-3-2-8-30-17)21(29)31-11-19(27)25-14-6-7-16-18(10-14)33-22(23,24)32-16/h2-10H,11H2,1H3,(H,25,27)(H,26,28). The Labute approximate surface area is 185 Å². The van der Waals surface area contributed by atoms with Gasteiger partial charge in [0, 0.05) is 17.4 Å². The fraction of sp³-hybridized carbons (Fsp3) is 0.136. The first-order valence-corrected chi connectivity index (χ1v) is 9.52. The van der Waals surface area contributed by atoms with Crippen LogP contribution in [0.15, 0.2) is 59.2 Å². The molecule has 0 aliphatic carbocycles. The summed E-state index contributed by atoms with van der Waals surface area (Å²) in [7, 11) is 0. The number of alkyl halides is 2. The van der Waals surface area contributed by atoms with Crippen LogP contribution in [0.5, 0.6) is 11.5 Å². The molecule has 0 fully saturated rings. The van der Waals surface area contributed by atoms with E-state index in [4.69, 9.17) is 9.15 Å². The van der Waals surface area contributed by atoms with Gasteiger partial charge in [0.2, 0.25) is 0 Å². The molecule has 0 bridgehead atoms. The second-order valence-corrected chi connectivity index (χ2v) is 6.91. The van der Waals surface area contributed by atoms with E-state index >= 15 is 0 Å². The summed E-state index contributed by atoms with van der Waals surface area (Å²) in [6.07, 6.45) is -2.41. The van der Waals surface area contributed by atoms with Crippen LogP contribution in [0, 0.1) is 6.92 Å². The molecule has 2 N–H and O–H groups in total. The predicted octanol–water partition coefficient (Wildman–Crippen LogP) is 3.96. The molecule has 0 saturated carbocycles. The molecule has 11 heteroatoms. The quantitative estimate of drug-likeness (QED) is 0.537. The van der Waals surface area contributed by atoms with Crippen molar-refractivity contribution < 1.29 is 41.8 Å². The zero-order valence-electron chi connectivity index (χ0n) is 17.0. The van der Waals surface area contributed by atoms with Gasteiger partial charge in [0.25, 0.3) is 11.8 Å². The number of fused-ring (bicyclic) bond motifs is 1. The SMILES string of the molecule is Cc1ccc(C(=O)OCC(=O)Nc2ccc3c(c2)OC(F)(F)O3)cc1NC(=O)c1ccco1. The molecule has 4 rings (SSSR count). The van der Waals surface area contributed by atoms with Crippen molar-refractivity contribution in [3.05, 3.63) is 71.7 Å². The van der Waals surface area contributed by atoms with Gasteiger partial charge in [0.1, 0.15) is 0 Å². The summed E-state index contributed by atoms with van der Waals surface area (Å²) in [6, 6.07) is 11.3. The monoisotopic (exact) mass is 458 g/mol. The minimum atomic E-state index is -3.77. The van der Waals surface area contributed by atoms with Gasteiger partial charge in [-0.05, 0) is 48.9 Å². The highest BCUT2D eigenvalue weighted by molar-refractivity contribution is 6.03. The molecule has 1 aliphatic heterocycles. The Morgan fingerprint density at radius 3 is 2.55 bits per heavy atom. The highest BCUT2D eigenvalue weighted by Crippen LogP contribution is 2.42. The number of esters is 1. The third-order valence-electron chi connectivity index (χ3n) is 4.49. The number of halogens is 2. The summed E-state index contributed by atoms with van der Waals surface area (Å²) in [5.41, 5.74) is 1.31. The maximum atomic E-state index is 13.1. The van der Waals surface area contributed by atoms with Crippen molar-refractivity contribution in [2.24, 2.45) is 0 Å². The fourth-order valence-electron chi connectivity index (χ4n) is 2.91. The molecule has 0 atom stereocenters. The smallest absolute Gasteiger partial charge is 0.459 e. The maximum Gasteiger partial charge on any atom is 0.586 e. The molecule has 0 radical (unpaired) electrons. The number of nitrogens with one attached hydrogen (secondary N) is 2. The van der Waals surface area contributed by atoms with Gasteiger partial charge in [0.05, 0.1) is 11.8 Å². The normalized spacial score (nSPS) is 13.3. The van der Waals surface area contributed by atoms with Crippen molar-refractivity contribution in [2.75, 3.05) is 17.2 Å². The minimum Gasteiger partial charge on any atom is -0.459 e. The van der Waals surface area contributed by atoms with Gasteiger partial charge in [-0.25, -0.2) is 4.79 Å². The van der Waals surface area contributed by atoms with Gasteiger partial charge < -0.3 is 29.3 Å². The van der Waals surface area contributed by atoms with Crippen molar-refractivity contribution in [3.63, 3.8) is 0 Å². The molecule has 1 aromatic heterocycles. The van der Waals surface area contributed by atoms with E-state index in [0.717, 1.165) is 6.07 Å². The second kappa shape index (κ2) is 8.61. The number of rotatable bonds is 6. The predicted molar refractivity (Wildman–Crippen MR) is 109 cm³/mol. The average Bonchev–Trinajstić information content (AvgIpc) is 3.40. The average molecular weight is 458 g/mol. The van der Waals surface area contributed by atoms with Crippen LogP contribution in [0.4, 0.5) is 20.2 Å². The molecular weight excluding hydrogens is 442 g/mol. The summed E-state index contributed by atoms with van der Waals surface area (Å²) >= 11 is 0. The lowest BCUT2D eigenvalue weighted by atomic mass is 10.1. The number of ether oxygens (including phenoxy) is 3. The van der Waals surface area contributed by atoms with Gasteiger partial charge in [-0.1, -0.05) is 6.07 Å². The van der Waals surface area contributed by atoms with Gasteiger partial charge in [-0.15, -0.1) is 8.78 Å². The summed E-state index contributed by atoms with van der Waals surface area (Å²) in [5.74, 6) is -2.30. The van der Waals surface area contributed by atoms with Crippen LogP contribution < -0.4 is 20.1 Å². The maximum absolute atomic E-state index is 13.1. The molecule has 170 valence electrons. The summed E-state index contributed by atoms with van der Waals surface area (Å²) < 4.78 is 44.8. The van der Waals surface area contributed by atoms with Crippen LogP contribution in [-0.4, -0.2) is 30.7 Å². The number of hydrogen-bond donors (Lipinski definition) is 2. The number of aryl methyl sites for hydroxylation is 1. The first kappa shape index (κ1) is 21.8. The fourth-order valence-corrected chi connectivity index (χ4v) is 2.91. The topological polar surface area (TPSA) is 116 Å². The molecule has 2 aromatic carbocycles. The zero-order chi connectivity index (χ0) is 23.6. The number of furan rings is 1. The molecular formula is C22H16F2N2O7. The second-order valence-electron chi connectivity index (χ2n) is 6.91. The van der Waals surface area contributed by atoms with E-state index in [9.17, 15) is 23.2 Å². The van der Waals surface area contributed by atoms with Gasteiger partial charge in [-0.3, -0.25) is 9.59 Å². The number of amides is 2. The van der Waals surface area contributed by atoms with Crippen molar-refractivity contribution in [3.8, 4) is 11.5 Å². The lowest BCUT2D eigenvalue weighted by Crippen LogP contribution is -2.25. The number of carbonyl (C=O) groups excluding carboxylic acids is 3. The van der Waals surface area contributed by atoms with Crippen molar-refractivity contribution >= 4 is 29.2 Å². The van der Waals surface area contributed by atoms with Crippen molar-refractivity contribution in [1.29, 1.82) is 0 Å². The van der Waals surface area contributed by atoms with Crippen LogP contribution in [0.3, 0.4) is 0 Å². The van der Waals surface area contributed by atoms with Crippen LogP contribution in [0.1, 0.15) is 26.5 Å². The molecule has 1 aliphatic rings. The van der Waals surface area contributed by atoms with Gasteiger partial charge in [0.15, 0.2) is 23.9 Å². The van der Waals surface area contributed by atoms with Crippen LogP contribution in [0.2, 0.25) is 0 Å². The molecule has 0 spiro atoms.